The van der Waals surface area contributed by atoms with Gasteiger partial charge < -0.3 is 9.15 Å². The standard InChI is InChI=1S/C25H34N2O2S/c1-17-7-12-21-24(2,3)14-6-15-25(21,4)20(17)13-16-30-23-27-26-22(29-23)18-8-10-19(28-5)11-9-18/h8-11,20-21H,1,6-7,12-16H2,2-5H3/t20-,21?,25+/m0/s1. The number of rotatable bonds is 6. The van der Waals surface area contributed by atoms with Gasteiger partial charge in [-0.2, -0.15) is 0 Å². The molecule has 2 aliphatic rings. The van der Waals surface area contributed by atoms with Gasteiger partial charge in [-0.15, -0.1) is 10.2 Å². The highest BCUT2D eigenvalue weighted by molar-refractivity contribution is 7.99. The monoisotopic (exact) mass is 426 g/mol. The van der Waals surface area contributed by atoms with Gasteiger partial charge in [0.1, 0.15) is 5.75 Å². The molecule has 0 bridgehead atoms. The van der Waals surface area contributed by atoms with Crippen LogP contribution in [-0.4, -0.2) is 23.1 Å². The van der Waals surface area contributed by atoms with Crippen LogP contribution in [0.25, 0.3) is 11.5 Å². The van der Waals surface area contributed by atoms with Crippen molar-refractivity contribution in [3.05, 3.63) is 36.4 Å². The molecule has 30 heavy (non-hydrogen) atoms. The zero-order chi connectivity index (χ0) is 21.4. The number of benzene rings is 1. The molecule has 0 radical (unpaired) electrons. The molecule has 4 nitrogen and oxygen atoms in total. The second-order valence-corrected chi connectivity index (χ2v) is 10.9. The molecule has 2 aromatic rings. The minimum Gasteiger partial charge on any atom is -0.497 e. The van der Waals surface area contributed by atoms with Crippen LogP contribution in [0.5, 0.6) is 5.75 Å². The minimum atomic E-state index is 0.376. The third-order valence-corrected chi connectivity index (χ3v) is 8.55. The van der Waals surface area contributed by atoms with Crippen LogP contribution in [0.2, 0.25) is 0 Å². The highest BCUT2D eigenvalue weighted by Crippen LogP contribution is 2.61. The zero-order valence-corrected chi connectivity index (χ0v) is 19.6. The Morgan fingerprint density at radius 1 is 1.17 bits per heavy atom. The fourth-order valence-corrected chi connectivity index (χ4v) is 6.95. The lowest BCUT2D eigenvalue weighted by atomic mass is 9.47. The Balaban J connectivity index is 1.40. The Bertz CT molecular complexity index is 889. The van der Waals surface area contributed by atoms with Crippen LogP contribution in [-0.2, 0) is 0 Å². The van der Waals surface area contributed by atoms with Crippen molar-refractivity contribution in [3.8, 4) is 17.2 Å². The topological polar surface area (TPSA) is 48.2 Å². The van der Waals surface area contributed by atoms with Crippen LogP contribution < -0.4 is 4.74 Å². The first-order valence-electron chi connectivity index (χ1n) is 11.1. The number of nitrogens with zero attached hydrogens (tertiary/aromatic N) is 2. The third-order valence-electron chi connectivity index (χ3n) is 7.69. The van der Waals surface area contributed by atoms with Gasteiger partial charge in [0, 0.05) is 11.3 Å². The van der Waals surface area contributed by atoms with E-state index < -0.39 is 0 Å². The molecule has 0 saturated heterocycles. The normalized spacial score (nSPS) is 28.2. The summed E-state index contributed by atoms with van der Waals surface area (Å²) >= 11 is 1.67. The molecule has 2 saturated carbocycles. The third kappa shape index (κ3) is 4.05. The van der Waals surface area contributed by atoms with Gasteiger partial charge in [0.15, 0.2) is 0 Å². The summed E-state index contributed by atoms with van der Waals surface area (Å²) in [5, 5.41) is 9.12. The molecule has 1 aromatic carbocycles. The van der Waals surface area contributed by atoms with Gasteiger partial charge in [0.05, 0.1) is 7.11 Å². The first-order valence-corrected chi connectivity index (χ1v) is 12.1. The summed E-state index contributed by atoms with van der Waals surface area (Å²) in [7, 11) is 1.66. The maximum absolute atomic E-state index is 5.90. The van der Waals surface area contributed by atoms with Crippen molar-refractivity contribution in [2.24, 2.45) is 22.7 Å². The minimum absolute atomic E-state index is 0.376. The molecule has 1 heterocycles. The van der Waals surface area contributed by atoms with E-state index in [0.29, 0.717) is 27.9 Å². The van der Waals surface area contributed by atoms with Gasteiger partial charge in [-0.25, -0.2) is 0 Å². The van der Waals surface area contributed by atoms with Gasteiger partial charge >= 0.3 is 0 Å². The molecule has 0 spiro atoms. The van der Waals surface area contributed by atoms with Crippen molar-refractivity contribution >= 4 is 11.8 Å². The van der Waals surface area contributed by atoms with Gasteiger partial charge in [0.25, 0.3) is 5.22 Å². The van der Waals surface area contributed by atoms with E-state index in [1.807, 2.05) is 24.3 Å². The van der Waals surface area contributed by atoms with Crippen molar-refractivity contribution < 1.29 is 9.15 Å². The summed E-state index contributed by atoms with van der Waals surface area (Å²) in [6, 6.07) is 7.70. The van der Waals surface area contributed by atoms with E-state index in [1.54, 1.807) is 18.9 Å². The highest BCUT2D eigenvalue weighted by atomic mass is 32.2. The lowest BCUT2D eigenvalue weighted by Crippen LogP contribution is -2.49. The summed E-state index contributed by atoms with van der Waals surface area (Å²) in [5.74, 6) is 3.75. The number of hydrogen-bond donors (Lipinski definition) is 0. The summed E-state index contributed by atoms with van der Waals surface area (Å²) < 4.78 is 11.1. The van der Waals surface area contributed by atoms with E-state index in [2.05, 4.69) is 37.5 Å². The molecular formula is C25H34N2O2S. The van der Waals surface area contributed by atoms with Crippen LogP contribution in [0.3, 0.4) is 0 Å². The molecule has 1 aromatic heterocycles. The fraction of sp³-hybridized carbons (Fsp3) is 0.600. The van der Waals surface area contributed by atoms with Crippen LogP contribution in [0, 0.1) is 22.7 Å². The lowest BCUT2D eigenvalue weighted by Gasteiger charge is -2.58. The number of aromatic nitrogens is 2. The Morgan fingerprint density at radius 2 is 1.93 bits per heavy atom. The smallest absolute Gasteiger partial charge is 0.276 e. The highest BCUT2D eigenvalue weighted by Gasteiger charge is 2.52. The second-order valence-electron chi connectivity index (χ2n) is 9.89. The molecule has 1 unspecified atom stereocenters. The Morgan fingerprint density at radius 3 is 2.67 bits per heavy atom. The van der Waals surface area contributed by atoms with Crippen LogP contribution >= 0.6 is 11.8 Å². The molecule has 0 aliphatic heterocycles. The quantitative estimate of drug-likeness (QED) is 0.367. The number of thioether (sulfide) groups is 1. The number of allylic oxidation sites excluding steroid dienone is 1. The number of fused-ring (bicyclic) bond motifs is 1. The summed E-state index contributed by atoms with van der Waals surface area (Å²) in [4.78, 5) is 0. The largest absolute Gasteiger partial charge is 0.497 e. The Hall–Kier alpha value is -1.75. The van der Waals surface area contributed by atoms with Gasteiger partial charge in [0.2, 0.25) is 5.89 Å². The van der Waals surface area contributed by atoms with Crippen molar-refractivity contribution in [2.45, 2.75) is 64.5 Å². The first-order chi connectivity index (χ1) is 14.3. The van der Waals surface area contributed by atoms with E-state index >= 15 is 0 Å². The second kappa shape index (κ2) is 8.41. The predicted molar refractivity (Wildman–Crippen MR) is 123 cm³/mol. The molecule has 0 N–H and O–H groups in total. The molecule has 2 fully saturated rings. The van der Waals surface area contributed by atoms with Gasteiger partial charge in [-0.1, -0.05) is 51.1 Å². The van der Waals surface area contributed by atoms with Crippen molar-refractivity contribution in [3.63, 3.8) is 0 Å². The molecule has 4 rings (SSSR count). The van der Waals surface area contributed by atoms with Gasteiger partial charge in [-0.3, -0.25) is 0 Å². The average Bonchev–Trinajstić information content (AvgIpc) is 3.18. The van der Waals surface area contributed by atoms with E-state index in [1.165, 1.54) is 37.7 Å². The molecule has 5 heteroatoms. The predicted octanol–water partition coefficient (Wildman–Crippen LogP) is 7.03. The Labute approximate surface area is 184 Å². The maximum atomic E-state index is 5.90. The molecular weight excluding hydrogens is 392 g/mol. The van der Waals surface area contributed by atoms with E-state index in [9.17, 15) is 0 Å². The molecule has 0 amide bonds. The molecule has 3 atom stereocenters. The van der Waals surface area contributed by atoms with Crippen LogP contribution in [0.15, 0.2) is 46.1 Å². The number of methoxy groups -OCH3 is 1. The summed E-state index contributed by atoms with van der Waals surface area (Å²) in [6.07, 6.45) is 7.65. The first kappa shape index (κ1) is 21.5. The van der Waals surface area contributed by atoms with E-state index in [0.717, 1.165) is 29.4 Å². The van der Waals surface area contributed by atoms with Crippen LogP contribution in [0.1, 0.15) is 59.3 Å². The number of ether oxygens (including phenoxy) is 1. The molecule has 162 valence electrons. The number of hydrogen-bond acceptors (Lipinski definition) is 5. The fourth-order valence-electron chi connectivity index (χ4n) is 6.19. The SMILES string of the molecule is C=C1CCC2C(C)(C)CCC[C@]2(C)[C@H]1CCSc1nnc(-c2ccc(OC)cc2)o1. The van der Waals surface area contributed by atoms with Crippen molar-refractivity contribution in [2.75, 3.05) is 12.9 Å². The van der Waals surface area contributed by atoms with Crippen molar-refractivity contribution in [1.82, 2.24) is 10.2 Å². The van der Waals surface area contributed by atoms with Gasteiger partial charge in [-0.05, 0) is 79.0 Å². The van der Waals surface area contributed by atoms with Crippen molar-refractivity contribution in [1.29, 1.82) is 0 Å². The zero-order valence-electron chi connectivity index (χ0n) is 18.7. The van der Waals surface area contributed by atoms with E-state index in [-0.39, 0.29) is 0 Å². The lowest BCUT2D eigenvalue weighted by molar-refractivity contribution is -0.0524. The average molecular weight is 427 g/mol. The maximum Gasteiger partial charge on any atom is 0.276 e. The Kier molecular flexibility index (Phi) is 6.02. The summed E-state index contributed by atoms with van der Waals surface area (Å²) in [5.41, 5.74) is 3.19. The van der Waals surface area contributed by atoms with E-state index in [4.69, 9.17) is 9.15 Å². The molecule has 2 aliphatic carbocycles. The summed E-state index contributed by atoms with van der Waals surface area (Å²) in [6.45, 7) is 12.0. The van der Waals surface area contributed by atoms with Crippen LogP contribution in [0.4, 0.5) is 0 Å².